The number of aliphatic hydroxyl groups is 1. The van der Waals surface area contributed by atoms with Gasteiger partial charge >= 0.3 is 0 Å². The fourth-order valence-electron chi connectivity index (χ4n) is 6.37. The van der Waals surface area contributed by atoms with Gasteiger partial charge in [0.1, 0.15) is 5.78 Å². The molecule has 2 nitrogen and oxygen atoms in total. The summed E-state index contributed by atoms with van der Waals surface area (Å²) in [7, 11) is 0. The molecule has 0 heterocycles. The minimum Gasteiger partial charge on any atom is -0.393 e. The summed E-state index contributed by atoms with van der Waals surface area (Å²) in [4.78, 5) is 12.4. The van der Waals surface area contributed by atoms with Crippen LogP contribution in [0.3, 0.4) is 0 Å². The van der Waals surface area contributed by atoms with Crippen molar-refractivity contribution in [2.75, 3.05) is 0 Å². The number of hydrogen-bond acceptors (Lipinski definition) is 2. The van der Waals surface area contributed by atoms with Crippen LogP contribution in [0.5, 0.6) is 0 Å². The lowest BCUT2D eigenvalue weighted by Crippen LogP contribution is -2.52. The largest absolute Gasteiger partial charge is 0.393 e. The molecule has 0 aromatic heterocycles. The van der Waals surface area contributed by atoms with Gasteiger partial charge in [-0.1, -0.05) is 26.0 Å². The summed E-state index contributed by atoms with van der Waals surface area (Å²) < 4.78 is 0. The van der Waals surface area contributed by atoms with E-state index in [-0.39, 0.29) is 11.5 Å². The molecule has 0 bridgehead atoms. The third-order valence-corrected chi connectivity index (χ3v) is 7.84. The summed E-state index contributed by atoms with van der Waals surface area (Å²) in [5.41, 5.74) is 0.314. The third-order valence-electron chi connectivity index (χ3n) is 7.84. The van der Waals surface area contributed by atoms with Crippen molar-refractivity contribution < 1.29 is 9.90 Å². The van der Waals surface area contributed by atoms with Gasteiger partial charge in [0.05, 0.1) is 6.10 Å². The zero-order valence-electron chi connectivity index (χ0n) is 13.3. The second kappa shape index (κ2) is 4.44. The highest BCUT2D eigenvalue weighted by Gasteiger charge is 2.58. The molecule has 4 aliphatic rings. The number of carbonyl (C=O) groups is 1. The molecule has 2 heteroatoms. The lowest BCUT2D eigenvalue weighted by molar-refractivity contribution is -0.132. The van der Waals surface area contributed by atoms with E-state index in [2.05, 4.69) is 26.0 Å². The Balaban J connectivity index is 1.69. The van der Waals surface area contributed by atoms with E-state index in [0.717, 1.165) is 44.4 Å². The summed E-state index contributed by atoms with van der Waals surface area (Å²) in [6, 6.07) is 0. The highest BCUT2D eigenvalue weighted by molar-refractivity contribution is 5.87. The molecular formula is C19H28O2. The quantitative estimate of drug-likeness (QED) is 0.690. The Hall–Kier alpha value is -0.630. The van der Waals surface area contributed by atoms with Gasteiger partial charge in [-0.05, 0) is 67.6 Å². The topological polar surface area (TPSA) is 37.3 Å². The predicted octanol–water partition coefficient (Wildman–Crippen LogP) is 3.74. The third kappa shape index (κ3) is 1.78. The van der Waals surface area contributed by atoms with Crippen LogP contribution in [-0.2, 0) is 4.79 Å². The summed E-state index contributed by atoms with van der Waals surface area (Å²) in [5, 5.41) is 10.0. The Labute approximate surface area is 128 Å². The fourth-order valence-corrected chi connectivity index (χ4v) is 6.37. The lowest BCUT2D eigenvalue weighted by atomic mass is 9.47. The predicted molar refractivity (Wildman–Crippen MR) is 82.6 cm³/mol. The van der Waals surface area contributed by atoms with Gasteiger partial charge in [0.25, 0.3) is 0 Å². The molecule has 0 spiro atoms. The molecule has 0 aromatic rings. The van der Waals surface area contributed by atoms with E-state index in [1.54, 1.807) is 0 Å². The van der Waals surface area contributed by atoms with Crippen molar-refractivity contribution >= 4 is 5.78 Å². The van der Waals surface area contributed by atoms with Gasteiger partial charge in [-0.2, -0.15) is 0 Å². The summed E-state index contributed by atoms with van der Waals surface area (Å²) >= 11 is 0. The minimum absolute atomic E-state index is 0.0388. The minimum atomic E-state index is -0.105. The van der Waals surface area contributed by atoms with Gasteiger partial charge in [0.2, 0.25) is 0 Å². The summed E-state index contributed by atoms with van der Waals surface area (Å²) in [6.07, 6.45) is 12.0. The van der Waals surface area contributed by atoms with E-state index in [0.29, 0.717) is 29.0 Å². The first-order chi connectivity index (χ1) is 9.95. The van der Waals surface area contributed by atoms with E-state index in [1.165, 1.54) is 6.42 Å². The number of rotatable bonds is 0. The standard InChI is InChI=1S/C19H28O2/c1-18-9-7-13(20)11-12(18)3-4-14-15-5-6-17(21)19(15,2)10-8-16(14)18/h3-4,12-16,20H,5-11H2,1-2H3/t12-,13-,14-,15-,16-,18-,19-/m0/s1. The van der Waals surface area contributed by atoms with E-state index in [1.807, 2.05) is 0 Å². The van der Waals surface area contributed by atoms with Crippen LogP contribution < -0.4 is 0 Å². The lowest BCUT2D eigenvalue weighted by Gasteiger charge is -2.57. The first-order valence-corrected chi connectivity index (χ1v) is 8.85. The summed E-state index contributed by atoms with van der Waals surface area (Å²) in [5.74, 6) is 2.97. The summed E-state index contributed by atoms with van der Waals surface area (Å²) in [6.45, 7) is 4.69. The number of Topliss-reactive ketones (excluding diaryl/α,β-unsaturated/α-hetero) is 1. The van der Waals surface area contributed by atoms with Crippen molar-refractivity contribution in [2.24, 2.45) is 34.5 Å². The number of fused-ring (bicyclic) bond motifs is 5. The first kappa shape index (κ1) is 14.0. The molecule has 21 heavy (non-hydrogen) atoms. The van der Waals surface area contributed by atoms with E-state index in [4.69, 9.17) is 0 Å². The Morgan fingerprint density at radius 2 is 1.90 bits per heavy atom. The van der Waals surface area contributed by atoms with Crippen molar-refractivity contribution in [3.8, 4) is 0 Å². The van der Waals surface area contributed by atoms with Gasteiger partial charge in [0, 0.05) is 11.8 Å². The van der Waals surface area contributed by atoms with Crippen LogP contribution in [0, 0.1) is 34.5 Å². The van der Waals surface area contributed by atoms with Gasteiger partial charge in [-0.25, -0.2) is 0 Å². The maximum absolute atomic E-state index is 12.4. The fraction of sp³-hybridized carbons (Fsp3) is 0.842. The van der Waals surface area contributed by atoms with Crippen LogP contribution >= 0.6 is 0 Å². The number of hydrogen-bond donors (Lipinski definition) is 1. The van der Waals surface area contributed by atoms with Crippen LogP contribution in [0.25, 0.3) is 0 Å². The Morgan fingerprint density at radius 1 is 1.10 bits per heavy atom. The zero-order valence-corrected chi connectivity index (χ0v) is 13.3. The molecule has 116 valence electrons. The van der Waals surface area contributed by atoms with Crippen molar-refractivity contribution in [3.63, 3.8) is 0 Å². The number of allylic oxidation sites excluding steroid dienone is 2. The molecule has 0 aromatic carbocycles. The SMILES string of the molecule is C[C@]12CC[C@H](O)C[C@@H]1C=C[C@@H]1[C@@H]2CC[C@]2(C)C(=O)CC[C@@H]12. The molecule has 3 fully saturated rings. The van der Waals surface area contributed by atoms with E-state index < -0.39 is 0 Å². The molecule has 3 saturated carbocycles. The second-order valence-electron chi connectivity index (χ2n) is 8.63. The van der Waals surface area contributed by atoms with Gasteiger partial charge in [-0.3, -0.25) is 4.79 Å². The molecule has 1 N–H and O–H groups in total. The molecule has 0 saturated heterocycles. The molecule has 4 rings (SSSR count). The van der Waals surface area contributed by atoms with Crippen LogP contribution in [-0.4, -0.2) is 17.0 Å². The Kier molecular flexibility index (Phi) is 2.96. The zero-order chi connectivity index (χ0) is 14.8. The number of carbonyl (C=O) groups excluding carboxylic acids is 1. The maximum Gasteiger partial charge on any atom is 0.139 e. The molecule has 0 unspecified atom stereocenters. The molecule has 0 aliphatic heterocycles. The Bertz CT molecular complexity index is 496. The van der Waals surface area contributed by atoms with Crippen LogP contribution in [0.4, 0.5) is 0 Å². The highest BCUT2D eigenvalue weighted by atomic mass is 16.3. The van der Waals surface area contributed by atoms with Crippen molar-refractivity contribution in [3.05, 3.63) is 12.2 Å². The number of ketones is 1. The average molecular weight is 288 g/mol. The van der Waals surface area contributed by atoms with E-state index >= 15 is 0 Å². The van der Waals surface area contributed by atoms with Gasteiger partial charge in [0.15, 0.2) is 0 Å². The van der Waals surface area contributed by atoms with Crippen molar-refractivity contribution in [1.29, 1.82) is 0 Å². The highest BCUT2D eigenvalue weighted by Crippen LogP contribution is 2.63. The average Bonchev–Trinajstić information content (AvgIpc) is 2.76. The molecule has 0 radical (unpaired) electrons. The second-order valence-corrected chi connectivity index (χ2v) is 8.63. The molecular weight excluding hydrogens is 260 g/mol. The Morgan fingerprint density at radius 3 is 2.71 bits per heavy atom. The molecule has 4 aliphatic carbocycles. The first-order valence-electron chi connectivity index (χ1n) is 8.85. The number of aliphatic hydroxyl groups excluding tert-OH is 1. The van der Waals surface area contributed by atoms with Crippen LogP contribution in [0.2, 0.25) is 0 Å². The molecule has 7 atom stereocenters. The van der Waals surface area contributed by atoms with Gasteiger partial charge in [-0.15, -0.1) is 0 Å². The van der Waals surface area contributed by atoms with E-state index in [9.17, 15) is 9.90 Å². The van der Waals surface area contributed by atoms with Crippen LogP contribution in [0.1, 0.15) is 58.8 Å². The van der Waals surface area contributed by atoms with Crippen LogP contribution in [0.15, 0.2) is 12.2 Å². The van der Waals surface area contributed by atoms with Crippen molar-refractivity contribution in [1.82, 2.24) is 0 Å². The van der Waals surface area contributed by atoms with Gasteiger partial charge < -0.3 is 5.11 Å². The smallest absolute Gasteiger partial charge is 0.139 e. The normalized spacial score (nSPS) is 55.8. The maximum atomic E-state index is 12.4. The van der Waals surface area contributed by atoms with Crippen molar-refractivity contribution in [2.45, 2.75) is 64.9 Å². The molecule has 0 amide bonds. The monoisotopic (exact) mass is 288 g/mol.